The SMILES string of the molecule is CC(=O)NS(=O)(=O)c1cccc(C2Cc3cc(C(F)(F)F)cc(Cl)c3O2)c1. The largest absolute Gasteiger partial charge is 0.484 e. The average Bonchev–Trinajstić information content (AvgIpc) is 2.98. The summed E-state index contributed by atoms with van der Waals surface area (Å²) < 4.78 is 70.6. The molecule has 0 fully saturated rings. The van der Waals surface area contributed by atoms with Crippen molar-refractivity contribution < 1.29 is 31.1 Å². The molecule has 1 amide bonds. The number of amides is 1. The molecule has 5 nitrogen and oxygen atoms in total. The maximum absolute atomic E-state index is 12.9. The summed E-state index contributed by atoms with van der Waals surface area (Å²) in [7, 11) is -4.04. The van der Waals surface area contributed by atoms with Gasteiger partial charge < -0.3 is 4.74 Å². The summed E-state index contributed by atoms with van der Waals surface area (Å²) in [6.07, 6.45) is -5.14. The lowest BCUT2D eigenvalue weighted by atomic mass is 10.0. The molecule has 1 atom stereocenters. The standard InChI is InChI=1S/C17H13ClF3NO4S/c1-9(23)22-27(24,25)13-4-2-3-10(6-13)15-7-11-5-12(17(19,20)21)8-14(18)16(11)26-15/h2-6,8,15H,7H2,1H3,(H,22,23). The molecule has 1 heterocycles. The van der Waals surface area contributed by atoms with E-state index in [2.05, 4.69) is 0 Å². The number of sulfonamides is 1. The third kappa shape index (κ3) is 4.03. The lowest BCUT2D eigenvalue weighted by Crippen LogP contribution is -2.28. The van der Waals surface area contributed by atoms with Crippen LogP contribution in [-0.4, -0.2) is 14.3 Å². The van der Waals surface area contributed by atoms with Gasteiger partial charge in [-0.2, -0.15) is 13.2 Å². The van der Waals surface area contributed by atoms with E-state index in [9.17, 15) is 26.4 Å². The number of fused-ring (bicyclic) bond motifs is 1. The molecule has 144 valence electrons. The van der Waals surface area contributed by atoms with Gasteiger partial charge in [-0.25, -0.2) is 13.1 Å². The van der Waals surface area contributed by atoms with E-state index in [1.54, 1.807) is 6.07 Å². The van der Waals surface area contributed by atoms with Crippen molar-refractivity contribution in [3.05, 3.63) is 58.1 Å². The van der Waals surface area contributed by atoms with Gasteiger partial charge in [0.15, 0.2) is 0 Å². The van der Waals surface area contributed by atoms with Crippen LogP contribution in [0.2, 0.25) is 5.02 Å². The van der Waals surface area contributed by atoms with Crippen molar-refractivity contribution in [1.82, 2.24) is 4.72 Å². The highest BCUT2D eigenvalue weighted by Gasteiger charge is 2.35. The Morgan fingerprint density at radius 1 is 1.26 bits per heavy atom. The van der Waals surface area contributed by atoms with Gasteiger partial charge in [-0.15, -0.1) is 0 Å². The Kier molecular flexibility index (Phi) is 4.85. The zero-order valence-corrected chi connectivity index (χ0v) is 15.4. The highest BCUT2D eigenvalue weighted by molar-refractivity contribution is 7.90. The minimum atomic E-state index is -4.54. The Morgan fingerprint density at radius 3 is 2.59 bits per heavy atom. The van der Waals surface area contributed by atoms with Crippen molar-refractivity contribution >= 4 is 27.5 Å². The second-order valence-corrected chi connectivity index (χ2v) is 8.08. The van der Waals surface area contributed by atoms with Crippen LogP contribution in [0.1, 0.15) is 29.7 Å². The average molecular weight is 420 g/mol. The van der Waals surface area contributed by atoms with Crippen molar-refractivity contribution in [2.45, 2.75) is 30.5 Å². The first-order valence-electron chi connectivity index (χ1n) is 7.67. The van der Waals surface area contributed by atoms with Gasteiger partial charge >= 0.3 is 6.18 Å². The maximum Gasteiger partial charge on any atom is 0.416 e. The van der Waals surface area contributed by atoms with E-state index in [1.807, 2.05) is 4.72 Å². The van der Waals surface area contributed by atoms with Crippen LogP contribution in [0.4, 0.5) is 13.2 Å². The van der Waals surface area contributed by atoms with E-state index in [0.717, 1.165) is 19.1 Å². The molecule has 0 spiro atoms. The van der Waals surface area contributed by atoms with Crippen LogP contribution >= 0.6 is 11.6 Å². The molecule has 0 aromatic heterocycles. The van der Waals surface area contributed by atoms with Crippen LogP contribution in [0.25, 0.3) is 0 Å². The molecule has 0 bridgehead atoms. The Bertz CT molecular complexity index is 1020. The monoisotopic (exact) mass is 419 g/mol. The van der Waals surface area contributed by atoms with Gasteiger partial charge in [0.25, 0.3) is 10.0 Å². The van der Waals surface area contributed by atoms with Crippen molar-refractivity contribution in [1.29, 1.82) is 0 Å². The number of rotatable bonds is 3. The summed E-state index contributed by atoms with van der Waals surface area (Å²) in [6.45, 7) is 1.07. The quantitative estimate of drug-likeness (QED) is 0.820. The summed E-state index contributed by atoms with van der Waals surface area (Å²) in [6, 6.07) is 7.41. The molecular formula is C17H13ClF3NO4S. The predicted molar refractivity (Wildman–Crippen MR) is 91.0 cm³/mol. The summed E-state index contributed by atoms with van der Waals surface area (Å²) in [5, 5.41) is -0.163. The summed E-state index contributed by atoms with van der Waals surface area (Å²) in [5.41, 5.74) is -0.158. The first-order chi connectivity index (χ1) is 12.5. The van der Waals surface area contributed by atoms with Gasteiger partial charge in [0.05, 0.1) is 15.5 Å². The Hall–Kier alpha value is -2.26. The molecule has 0 saturated heterocycles. The first kappa shape index (κ1) is 19.5. The molecule has 2 aromatic rings. The van der Waals surface area contributed by atoms with Gasteiger partial charge in [0, 0.05) is 18.9 Å². The molecule has 2 aromatic carbocycles. The molecule has 0 aliphatic carbocycles. The second kappa shape index (κ2) is 6.72. The Balaban J connectivity index is 1.92. The number of halogens is 4. The van der Waals surface area contributed by atoms with Crippen LogP contribution in [0.15, 0.2) is 41.3 Å². The van der Waals surface area contributed by atoms with E-state index >= 15 is 0 Å². The highest BCUT2D eigenvalue weighted by atomic mass is 35.5. The lowest BCUT2D eigenvalue weighted by molar-refractivity contribution is -0.137. The van der Waals surface area contributed by atoms with E-state index in [1.165, 1.54) is 18.2 Å². The zero-order chi connectivity index (χ0) is 20.0. The highest BCUT2D eigenvalue weighted by Crippen LogP contribution is 2.45. The lowest BCUT2D eigenvalue weighted by Gasteiger charge is -2.13. The normalized spacial score (nSPS) is 16.6. The van der Waals surface area contributed by atoms with E-state index in [-0.39, 0.29) is 27.7 Å². The van der Waals surface area contributed by atoms with Gasteiger partial charge in [-0.1, -0.05) is 23.7 Å². The third-order valence-corrected chi connectivity index (χ3v) is 5.64. The molecule has 0 saturated carbocycles. The molecule has 1 aliphatic rings. The van der Waals surface area contributed by atoms with Crippen molar-refractivity contribution in [2.75, 3.05) is 0 Å². The molecular weight excluding hydrogens is 407 g/mol. The number of alkyl halides is 3. The fourth-order valence-corrected chi connectivity index (χ4v) is 4.13. The third-order valence-electron chi connectivity index (χ3n) is 3.93. The topological polar surface area (TPSA) is 72.5 Å². The van der Waals surface area contributed by atoms with Crippen LogP contribution in [0, 0.1) is 0 Å². The van der Waals surface area contributed by atoms with Gasteiger partial charge in [-0.3, -0.25) is 4.79 Å². The minimum Gasteiger partial charge on any atom is -0.484 e. The van der Waals surface area contributed by atoms with E-state index in [0.29, 0.717) is 5.56 Å². The number of carbonyl (C=O) groups is 1. The van der Waals surface area contributed by atoms with E-state index < -0.39 is 33.8 Å². The molecule has 10 heteroatoms. The predicted octanol–water partition coefficient (Wildman–Crippen LogP) is 3.86. The molecule has 1 aliphatic heterocycles. The van der Waals surface area contributed by atoms with Crippen LogP contribution in [0.3, 0.4) is 0 Å². The Labute approximate surface area is 158 Å². The number of hydrogen-bond donors (Lipinski definition) is 1. The minimum absolute atomic E-state index is 0.0998. The number of benzene rings is 2. The fraction of sp³-hybridized carbons (Fsp3) is 0.235. The second-order valence-electron chi connectivity index (χ2n) is 5.99. The van der Waals surface area contributed by atoms with Gasteiger partial charge in [0.1, 0.15) is 11.9 Å². The number of ether oxygens (including phenoxy) is 1. The number of carbonyl (C=O) groups excluding carboxylic acids is 1. The smallest absolute Gasteiger partial charge is 0.416 e. The van der Waals surface area contributed by atoms with Crippen molar-refractivity contribution in [3.8, 4) is 5.75 Å². The maximum atomic E-state index is 12.9. The van der Waals surface area contributed by atoms with Crippen molar-refractivity contribution in [3.63, 3.8) is 0 Å². The fourth-order valence-electron chi connectivity index (χ4n) is 2.80. The van der Waals surface area contributed by atoms with Crippen LogP contribution in [0.5, 0.6) is 5.75 Å². The Morgan fingerprint density at radius 2 is 1.96 bits per heavy atom. The van der Waals surface area contributed by atoms with Crippen LogP contribution in [-0.2, 0) is 27.4 Å². The van der Waals surface area contributed by atoms with Crippen molar-refractivity contribution in [2.24, 2.45) is 0 Å². The molecule has 3 rings (SSSR count). The summed E-state index contributed by atoms with van der Waals surface area (Å²) in [4.78, 5) is 10.9. The summed E-state index contributed by atoms with van der Waals surface area (Å²) in [5.74, 6) is -0.596. The number of hydrogen-bond acceptors (Lipinski definition) is 4. The van der Waals surface area contributed by atoms with Gasteiger partial charge in [-0.05, 0) is 29.8 Å². The van der Waals surface area contributed by atoms with E-state index in [4.69, 9.17) is 16.3 Å². The molecule has 27 heavy (non-hydrogen) atoms. The number of nitrogens with one attached hydrogen (secondary N) is 1. The van der Waals surface area contributed by atoms with Crippen LogP contribution < -0.4 is 9.46 Å². The zero-order valence-electron chi connectivity index (χ0n) is 13.8. The first-order valence-corrected chi connectivity index (χ1v) is 9.53. The van der Waals surface area contributed by atoms with Gasteiger partial charge in [0.2, 0.25) is 5.91 Å². The molecule has 1 N–H and O–H groups in total. The summed E-state index contributed by atoms with van der Waals surface area (Å²) >= 11 is 5.93. The molecule has 0 radical (unpaired) electrons. The molecule has 1 unspecified atom stereocenters.